The predicted molar refractivity (Wildman–Crippen MR) is 259 cm³/mol. The molecule has 2 aliphatic heterocycles. The van der Waals surface area contributed by atoms with Crippen LogP contribution in [0.15, 0.2) is 98.4 Å². The van der Waals surface area contributed by atoms with Crippen LogP contribution in [0, 0.1) is 13.8 Å². The van der Waals surface area contributed by atoms with Crippen LogP contribution >= 0.6 is 0 Å². The molecule has 0 fully saturated rings. The normalized spacial score (nSPS) is 14.5. The highest BCUT2D eigenvalue weighted by Crippen LogP contribution is 2.44. The van der Waals surface area contributed by atoms with Gasteiger partial charge in [-0.1, -0.05) is 26.5 Å². The molecule has 6 aromatic rings. The van der Waals surface area contributed by atoms with Crippen molar-refractivity contribution in [2.45, 2.75) is 92.0 Å². The molecule has 0 spiro atoms. The van der Waals surface area contributed by atoms with E-state index in [9.17, 15) is 14.4 Å². The average Bonchev–Trinajstić information content (AvgIpc) is 4.00. The van der Waals surface area contributed by atoms with Gasteiger partial charge in [0.1, 0.15) is 41.0 Å². The number of ether oxygens (including phenoxy) is 3. The number of esters is 3. The van der Waals surface area contributed by atoms with E-state index < -0.39 is 17.9 Å². The van der Waals surface area contributed by atoms with Crippen molar-refractivity contribution in [3.05, 3.63) is 166 Å². The number of allylic oxidation sites excluding steroid dienone is 1. The molecule has 2 aliphatic rings. The minimum Gasteiger partial charge on any atom is -0.461 e. The number of carbonyl (C=O) groups is 3. The molecular formula is C55H60N7O6+3. The Bertz CT molecular complexity index is 3180. The lowest BCUT2D eigenvalue weighted by Crippen LogP contribution is -2.27. The van der Waals surface area contributed by atoms with Crippen molar-refractivity contribution in [3.8, 4) is 0 Å². The predicted octanol–water partition coefficient (Wildman–Crippen LogP) is 7.98. The van der Waals surface area contributed by atoms with Gasteiger partial charge in [0.05, 0.1) is 45.8 Å². The van der Waals surface area contributed by atoms with Crippen molar-refractivity contribution >= 4 is 57.2 Å². The van der Waals surface area contributed by atoms with Gasteiger partial charge in [-0.15, -0.1) is 0 Å². The van der Waals surface area contributed by atoms with Gasteiger partial charge in [0.2, 0.25) is 0 Å². The number of H-pyrrole nitrogens is 2. The van der Waals surface area contributed by atoms with Crippen LogP contribution in [0.3, 0.4) is 0 Å². The molecule has 0 aromatic carbocycles. The fraction of sp³-hybridized carbons (Fsp3) is 0.309. The summed E-state index contributed by atoms with van der Waals surface area (Å²) in [5.41, 5.74) is 13.5. The molecule has 13 heteroatoms. The maximum Gasteiger partial charge on any atom is 0.341 e. The summed E-state index contributed by atoms with van der Waals surface area (Å²) in [7, 11) is 5.73. The van der Waals surface area contributed by atoms with E-state index in [4.69, 9.17) is 24.2 Å². The minimum atomic E-state index is -0.591. The number of aromatic amines is 2. The Kier molecular flexibility index (Phi) is 13.9. The number of aromatic nitrogens is 7. The van der Waals surface area contributed by atoms with Crippen LogP contribution in [0.25, 0.3) is 39.3 Å². The Morgan fingerprint density at radius 1 is 0.721 bits per heavy atom. The lowest BCUT2D eigenvalue weighted by Gasteiger charge is -2.19. The van der Waals surface area contributed by atoms with E-state index >= 15 is 0 Å². The van der Waals surface area contributed by atoms with E-state index in [1.54, 1.807) is 0 Å². The number of carbonyl (C=O) groups excluding carboxylic acids is 3. The molecule has 0 saturated heterocycles. The van der Waals surface area contributed by atoms with Crippen molar-refractivity contribution in [2.24, 2.45) is 21.1 Å². The minimum absolute atomic E-state index is 0.0123. The second-order valence-electron chi connectivity index (χ2n) is 17.9. The number of aryl methyl sites for hydroxylation is 6. The first kappa shape index (κ1) is 47.0. The third-order valence-corrected chi connectivity index (χ3v) is 13.1. The lowest BCUT2D eigenvalue weighted by atomic mass is 9.84. The topological polar surface area (TPSA) is 148 Å². The second kappa shape index (κ2) is 20.1. The molecule has 2 atom stereocenters. The van der Waals surface area contributed by atoms with Crippen LogP contribution in [-0.4, -0.2) is 37.8 Å². The molecule has 8 bridgehead atoms. The maximum absolute atomic E-state index is 14.7. The number of hydrogen-bond acceptors (Lipinski definition) is 8. The SMILES string of the molecule is C=Cc1c(C)c2cc3nc(c(CC(=O)OCc4ccc[n+](C)c4)c4nc(cc5[nH]c(cc1[nH]2)c(C)c5CC)C(C)=C4C(=O)OCc1ccc[n+](C)c1)[C@@H](CCC(=O)OCc1ccc[n+](C)c1)[C@@H]3C. The van der Waals surface area contributed by atoms with E-state index in [1.807, 2.05) is 134 Å². The zero-order valence-electron chi connectivity index (χ0n) is 40.2. The summed E-state index contributed by atoms with van der Waals surface area (Å²) >= 11 is 0. The third-order valence-electron chi connectivity index (χ3n) is 13.1. The lowest BCUT2D eigenvalue weighted by molar-refractivity contribution is -0.672. The van der Waals surface area contributed by atoms with Gasteiger partial charge in [0.15, 0.2) is 37.2 Å². The Labute approximate surface area is 396 Å². The average molecular weight is 915 g/mol. The number of hydrogen-bond donors (Lipinski definition) is 2. The Hall–Kier alpha value is -7.54. The number of pyridine rings is 3. The van der Waals surface area contributed by atoms with E-state index in [1.165, 1.54) is 0 Å². The molecule has 0 aliphatic carbocycles. The monoisotopic (exact) mass is 914 g/mol. The van der Waals surface area contributed by atoms with Gasteiger partial charge in [0, 0.05) is 75.3 Å². The van der Waals surface area contributed by atoms with Crippen LogP contribution in [0.4, 0.5) is 0 Å². The summed E-state index contributed by atoms with van der Waals surface area (Å²) in [5.74, 6) is -2.12. The zero-order chi connectivity index (χ0) is 48.2. The smallest absolute Gasteiger partial charge is 0.341 e. The molecular weight excluding hydrogens is 855 g/mol. The molecule has 0 amide bonds. The molecule has 68 heavy (non-hydrogen) atoms. The third kappa shape index (κ3) is 10.1. The summed E-state index contributed by atoms with van der Waals surface area (Å²) in [6, 6.07) is 17.5. The van der Waals surface area contributed by atoms with E-state index in [2.05, 4.69) is 50.3 Å². The first-order valence-electron chi connectivity index (χ1n) is 23.1. The van der Waals surface area contributed by atoms with Crippen molar-refractivity contribution in [1.29, 1.82) is 0 Å². The van der Waals surface area contributed by atoms with Crippen LogP contribution in [0.5, 0.6) is 0 Å². The number of rotatable bonds is 14. The van der Waals surface area contributed by atoms with Gasteiger partial charge in [-0.2, -0.15) is 0 Å². The van der Waals surface area contributed by atoms with Gasteiger partial charge < -0.3 is 24.2 Å². The van der Waals surface area contributed by atoms with Gasteiger partial charge in [0.25, 0.3) is 0 Å². The molecule has 6 aromatic heterocycles. The van der Waals surface area contributed by atoms with Crippen LogP contribution in [-0.2, 0) is 82.4 Å². The first-order chi connectivity index (χ1) is 32.7. The van der Waals surface area contributed by atoms with Crippen molar-refractivity contribution in [1.82, 2.24) is 19.9 Å². The molecule has 0 unspecified atom stereocenters. The largest absolute Gasteiger partial charge is 0.461 e. The standard InChI is InChI=1S/C55H59N7O6/c1-10-40-33(3)44-24-46-35(5)42(18-19-50(63)66-30-37-15-12-20-60(7)27-37)53(58-46)43(23-51(64)67-31-38-16-13-21-61(8)28-38)54-52(55(65)68-32-39-17-14-22-62(9)29-39)36(6)47(59-54)26-49-41(11-2)34(4)45(57-49)25-48(40)56-44/h10,12-17,20-22,24-29,35,42H,1,11,18-19,23,30-32H2,2-9H3,(H-,56,57,58,59,65)/q+2/p+1/t35-,42-/m0/s1. The molecule has 8 heterocycles. The Morgan fingerprint density at radius 2 is 1.29 bits per heavy atom. The molecule has 2 N–H and O–H groups in total. The fourth-order valence-electron chi connectivity index (χ4n) is 9.38. The molecule has 13 nitrogen and oxygen atoms in total. The highest BCUT2D eigenvalue weighted by Gasteiger charge is 2.36. The summed E-state index contributed by atoms with van der Waals surface area (Å²) in [6.07, 6.45) is 14.2. The highest BCUT2D eigenvalue weighted by atomic mass is 16.5. The molecule has 0 radical (unpaired) electrons. The second-order valence-corrected chi connectivity index (χ2v) is 17.9. The van der Waals surface area contributed by atoms with Gasteiger partial charge in [-0.3, -0.25) is 14.6 Å². The summed E-state index contributed by atoms with van der Waals surface area (Å²) in [4.78, 5) is 60.7. The van der Waals surface area contributed by atoms with E-state index in [0.717, 1.165) is 73.1 Å². The quantitative estimate of drug-likeness (QED) is 0.0636. The highest BCUT2D eigenvalue weighted by molar-refractivity contribution is 6.25. The zero-order valence-corrected chi connectivity index (χ0v) is 40.2. The van der Waals surface area contributed by atoms with Gasteiger partial charge >= 0.3 is 17.9 Å². The maximum atomic E-state index is 14.7. The molecule has 8 rings (SSSR count). The summed E-state index contributed by atoms with van der Waals surface area (Å²) in [6.45, 7) is 14.6. The molecule has 0 saturated carbocycles. The summed E-state index contributed by atoms with van der Waals surface area (Å²) in [5, 5.41) is 0. The van der Waals surface area contributed by atoms with E-state index in [0.29, 0.717) is 28.9 Å². The van der Waals surface area contributed by atoms with Crippen LogP contribution in [0.2, 0.25) is 0 Å². The van der Waals surface area contributed by atoms with E-state index in [-0.39, 0.29) is 55.8 Å². The summed E-state index contributed by atoms with van der Waals surface area (Å²) < 4.78 is 23.6. The van der Waals surface area contributed by atoms with Crippen molar-refractivity contribution in [3.63, 3.8) is 0 Å². The number of nitrogens with zero attached hydrogens (tertiary/aromatic N) is 5. The van der Waals surface area contributed by atoms with Crippen molar-refractivity contribution < 1.29 is 42.3 Å². The fourth-order valence-corrected chi connectivity index (χ4v) is 9.38. The van der Waals surface area contributed by atoms with Crippen LogP contribution < -0.4 is 13.7 Å². The number of fused-ring (bicyclic) bond motifs is 8. The van der Waals surface area contributed by atoms with Crippen molar-refractivity contribution in [2.75, 3.05) is 0 Å². The Balaban J connectivity index is 1.35. The van der Waals surface area contributed by atoms with Crippen LogP contribution in [0.1, 0.15) is 113 Å². The van der Waals surface area contributed by atoms with Gasteiger partial charge in [-0.25, -0.2) is 23.5 Å². The first-order valence-corrected chi connectivity index (χ1v) is 23.1. The molecule has 348 valence electrons. The van der Waals surface area contributed by atoms with Gasteiger partial charge in [-0.05, 0) is 92.3 Å². The Morgan fingerprint density at radius 3 is 1.88 bits per heavy atom. The number of nitrogens with one attached hydrogen (secondary N) is 2.